The third-order valence-corrected chi connectivity index (χ3v) is 4.53. The lowest BCUT2D eigenvalue weighted by Gasteiger charge is -2.23. The van der Waals surface area contributed by atoms with Crippen molar-refractivity contribution >= 4 is 34.7 Å². The fraction of sp³-hybridized carbons (Fsp3) is 0.538. The zero-order valence-electron chi connectivity index (χ0n) is 13.2. The van der Waals surface area contributed by atoms with Crippen LogP contribution in [0.3, 0.4) is 0 Å². The molecule has 0 aliphatic heterocycles. The Morgan fingerprint density at radius 3 is 2.68 bits per heavy atom. The number of fused-ring (bicyclic) bond motifs is 1. The van der Waals surface area contributed by atoms with Crippen molar-refractivity contribution in [1.29, 1.82) is 0 Å². The summed E-state index contributed by atoms with van der Waals surface area (Å²) >= 11 is 1.24. The number of nitrogens with zero attached hydrogens (tertiary/aromatic N) is 4. The highest BCUT2D eigenvalue weighted by atomic mass is 32.2. The van der Waals surface area contributed by atoms with Gasteiger partial charge in [0.1, 0.15) is 17.9 Å². The number of carboxylic acids is 1. The number of aliphatic hydroxyl groups is 2. The van der Waals surface area contributed by atoms with Crippen molar-refractivity contribution in [2.24, 2.45) is 5.73 Å². The third kappa shape index (κ3) is 4.76. The van der Waals surface area contributed by atoms with Crippen molar-refractivity contribution in [3.05, 3.63) is 12.7 Å². The molecule has 0 aliphatic rings. The van der Waals surface area contributed by atoms with Crippen LogP contribution in [-0.2, 0) is 9.53 Å². The van der Waals surface area contributed by atoms with Gasteiger partial charge in [0.05, 0.1) is 25.6 Å². The van der Waals surface area contributed by atoms with E-state index in [1.807, 2.05) is 0 Å². The van der Waals surface area contributed by atoms with E-state index in [1.165, 1.54) is 29.0 Å². The minimum absolute atomic E-state index is 0.177. The van der Waals surface area contributed by atoms with Gasteiger partial charge in [-0.25, -0.2) is 15.0 Å². The molecule has 0 saturated carbocycles. The Morgan fingerprint density at radius 2 is 2.04 bits per heavy atom. The number of rotatable bonds is 10. The number of aromatic nitrogens is 4. The van der Waals surface area contributed by atoms with Gasteiger partial charge in [-0.05, 0) is 0 Å². The number of ether oxygens (including phenoxy) is 1. The number of anilines is 1. The number of nitrogen functional groups attached to an aromatic ring is 1. The standard InChI is InChI=1S/C13H20N6O5S/c14-8(13(22)23)4-25-3-7(1-20)24-9(2-21)19-6-18-10-11(15)16-5-17-12(10)19/h5-9,20-21H,1-4,14H2,(H,22,23)(H2,15,16,17)/t7-,8+,9+/m0/s1. The van der Waals surface area contributed by atoms with E-state index in [1.54, 1.807) is 0 Å². The molecule has 0 radical (unpaired) electrons. The van der Waals surface area contributed by atoms with E-state index >= 15 is 0 Å². The fourth-order valence-electron chi connectivity index (χ4n) is 2.03. The molecule has 0 aromatic carbocycles. The third-order valence-electron chi connectivity index (χ3n) is 3.33. The summed E-state index contributed by atoms with van der Waals surface area (Å²) in [6, 6.07) is -0.991. The Kier molecular flexibility index (Phi) is 6.90. The summed E-state index contributed by atoms with van der Waals surface area (Å²) in [7, 11) is 0. The van der Waals surface area contributed by atoms with Crippen molar-refractivity contribution in [3.8, 4) is 0 Å². The monoisotopic (exact) mass is 372 g/mol. The number of thioether (sulfide) groups is 1. The lowest BCUT2D eigenvalue weighted by Crippen LogP contribution is -2.34. The van der Waals surface area contributed by atoms with Gasteiger partial charge in [0.2, 0.25) is 0 Å². The van der Waals surface area contributed by atoms with Crippen LogP contribution in [-0.4, -0.2) is 77.7 Å². The highest BCUT2D eigenvalue weighted by molar-refractivity contribution is 7.99. The molecule has 0 bridgehead atoms. The van der Waals surface area contributed by atoms with Crippen LogP contribution < -0.4 is 11.5 Å². The zero-order valence-corrected chi connectivity index (χ0v) is 14.0. The SMILES string of the molecule is Nc1ncnc2c1ncn2[C@@H](CO)O[C@@H](CO)CSC[C@@H](N)C(=O)O. The molecule has 7 N–H and O–H groups in total. The minimum Gasteiger partial charge on any atom is -0.480 e. The van der Waals surface area contributed by atoms with E-state index in [2.05, 4.69) is 15.0 Å². The first-order valence-corrected chi connectivity index (χ1v) is 8.49. The van der Waals surface area contributed by atoms with Gasteiger partial charge in [0.25, 0.3) is 0 Å². The lowest BCUT2D eigenvalue weighted by atomic mass is 10.4. The quantitative estimate of drug-likeness (QED) is 0.324. The van der Waals surface area contributed by atoms with E-state index in [-0.39, 0.29) is 24.8 Å². The maximum absolute atomic E-state index is 10.7. The summed E-state index contributed by atoms with van der Waals surface area (Å²) < 4.78 is 7.19. The van der Waals surface area contributed by atoms with Crippen LogP contribution in [0.4, 0.5) is 5.82 Å². The second-order valence-electron chi connectivity index (χ2n) is 5.14. The number of imidazole rings is 1. The molecule has 138 valence electrons. The van der Waals surface area contributed by atoms with Gasteiger partial charge in [-0.3, -0.25) is 9.36 Å². The van der Waals surface area contributed by atoms with Gasteiger partial charge in [-0.2, -0.15) is 11.8 Å². The first kappa shape index (κ1) is 19.3. The molecule has 0 unspecified atom stereocenters. The molecule has 0 spiro atoms. The fourth-order valence-corrected chi connectivity index (χ4v) is 3.01. The minimum atomic E-state index is -1.09. The van der Waals surface area contributed by atoms with E-state index in [4.69, 9.17) is 21.3 Å². The van der Waals surface area contributed by atoms with Crippen LogP contribution in [0, 0.1) is 0 Å². The van der Waals surface area contributed by atoms with Crippen LogP contribution in [0.25, 0.3) is 11.2 Å². The second kappa shape index (κ2) is 8.92. The number of hydrogen-bond acceptors (Lipinski definition) is 10. The van der Waals surface area contributed by atoms with Crippen LogP contribution in [0.2, 0.25) is 0 Å². The van der Waals surface area contributed by atoms with Crippen molar-refractivity contribution in [1.82, 2.24) is 19.5 Å². The smallest absolute Gasteiger partial charge is 0.321 e. The highest BCUT2D eigenvalue weighted by Crippen LogP contribution is 2.21. The summed E-state index contributed by atoms with van der Waals surface area (Å²) in [6.07, 6.45) is 1.21. The van der Waals surface area contributed by atoms with E-state index in [9.17, 15) is 15.0 Å². The van der Waals surface area contributed by atoms with Crippen LogP contribution in [0.1, 0.15) is 6.23 Å². The van der Waals surface area contributed by atoms with Gasteiger partial charge in [-0.1, -0.05) is 0 Å². The molecule has 0 fully saturated rings. The van der Waals surface area contributed by atoms with E-state index in [0.29, 0.717) is 16.9 Å². The summed E-state index contributed by atoms with van der Waals surface area (Å²) in [5, 5.41) is 27.8. The molecule has 12 heteroatoms. The zero-order chi connectivity index (χ0) is 18.4. The van der Waals surface area contributed by atoms with Gasteiger partial charge in [0, 0.05) is 11.5 Å². The van der Waals surface area contributed by atoms with E-state index in [0.717, 1.165) is 0 Å². The Balaban J connectivity index is 2.03. The number of aliphatic carboxylic acids is 1. The van der Waals surface area contributed by atoms with Crippen molar-refractivity contribution in [2.75, 3.05) is 30.5 Å². The highest BCUT2D eigenvalue weighted by Gasteiger charge is 2.21. The molecular weight excluding hydrogens is 352 g/mol. The van der Waals surface area contributed by atoms with Crippen LogP contribution in [0.15, 0.2) is 12.7 Å². The summed E-state index contributed by atoms with van der Waals surface area (Å²) in [4.78, 5) is 22.7. The molecule has 3 atom stereocenters. The predicted molar refractivity (Wildman–Crippen MR) is 90.8 cm³/mol. The molecule has 25 heavy (non-hydrogen) atoms. The van der Waals surface area contributed by atoms with Gasteiger partial charge in [-0.15, -0.1) is 0 Å². The Bertz CT molecular complexity index is 713. The molecular formula is C13H20N6O5S. The molecule has 2 aromatic rings. The number of aliphatic hydroxyl groups excluding tert-OH is 2. The Morgan fingerprint density at radius 1 is 1.28 bits per heavy atom. The summed E-state index contributed by atoms with van der Waals surface area (Å²) in [6.45, 7) is -0.694. The topological polar surface area (TPSA) is 183 Å². The molecule has 2 heterocycles. The number of carbonyl (C=O) groups is 1. The van der Waals surface area contributed by atoms with Crippen LogP contribution in [0.5, 0.6) is 0 Å². The Hall–Kier alpha value is -1.99. The average molecular weight is 372 g/mol. The maximum Gasteiger partial charge on any atom is 0.321 e. The normalized spacial score (nSPS) is 15.2. The second-order valence-corrected chi connectivity index (χ2v) is 6.22. The molecule has 0 amide bonds. The molecule has 11 nitrogen and oxygen atoms in total. The van der Waals surface area contributed by atoms with Crippen molar-refractivity contribution < 1.29 is 24.9 Å². The molecule has 0 saturated heterocycles. The number of hydrogen-bond donors (Lipinski definition) is 5. The first-order valence-electron chi connectivity index (χ1n) is 7.34. The average Bonchev–Trinajstić information content (AvgIpc) is 3.03. The Labute approximate surface area is 147 Å². The van der Waals surface area contributed by atoms with Gasteiger partial charge in [0.15, 0.2) is 17.7 Å². The molecule has 2 rings (SSSR count). The number of nitrogens with two attached hydrogens (primary N) is 2. The van der Waals surface area contributed by atoms with Gasteiger partial charge >= 0.3 is 5.97 Å². The number of carboxylic acid groups (broad SMARTS) is 1. The van der Waals surface area contributed by atoms with Gasteiger partial charge < -0.3 is 31.5 Å². The molecule has 2 aromatic heterocycles. The van der Waals surface area contributed by atoms with Crippen LogP contribution >= 0.6 is 11.8 Å². The van der Waals surface area contributed by atoms with Crippen molar-refractivity contribution in [2.45, 2.75) is 18.4 Å². The maximum atomic E-state index is 10.7. The van der Waals surface area contributed by atoms with Crippen molar-refractivity contribution in [3.63, 3.8) is 0 Å². The first-order chi connectivity index (χ1) is 12.0. The lowest BCUT2D eigenvalue weighted by molar-refractivity contribution is -0.137. The summed E-state index contributed by atoms with van der Waals surface area (Å²) in [5.41, 5.74) is 11.9. The predicted octanol–water partition coefficient (Wildman–Crippen LogP) is -1.58. The molecule has 0 aliphatic carbocycles. The summed E-state index contributed by atoms with van der Waals surface area (Å²) in [5.74, 6) is -0.407. The van der Waals surface area contributed by atoms with E-state index < -0.39 is 24.3 Å². The largest absolute Gasteiger partial charge is 0.480 e.